The Labute approximate surface area is 96.4 Å². The summed E-state index contributed by atoms with van der Waals surface area (Å²) in [5.41, 5.74) is 7.52. The average Bonchev–Trinajstić information content (AvgIpc) is 2.14. The van der Waals surface area contributed by atoms with E-state index in [2.05, 4.69) is 31.2 Å². The van der Waals surface area contributed by atoms with E-state index in [1.54, 1.807) is 0 Å². The van der Waals surface area contributed by atoms with Crippen LogP contribution in [0.4, 0.5) is 0 Å². The lowest BCUT2D eigenvalue weighted by Crippen LogP contribution is -2.36. The molecule has 0 saturated heterocycles. The summed E-state index contributed by atoms with van der Waals surface area (Å²) in [6.07, 6.45) is 4.07. The molecule has 2 rings (SSSR count). The molecule has 82 valence electrons. The number of thioether (sulfide) groups is 1. The third kappa shape index (κ3) is 2.76. The molecule has 1 aromatic carbocycles. The first-order valence-electron chi connectivity index (χ1n) is 5.71. The number of hydrogen-bond donors (Lipinski definition) is 1. The number of aryl methyl sites for hydroxylation is 1. The Balaban J connectivity index is 1.84. The summed E-state index contributed by atoms with van der Waals surface area (Å²) in [7, 11) is 0. The Kier molecular flexibility index (Phi) is 3.71. The van der Waals surface area contributed by atoms with E-state index in [4.69, 9.17) is 5.73 Å². The van der Waals surface area contributed by atoms with Crippen molar-refractivity contribution in [2.24, 2.45) is 11.7 Å². The molecule has 0 radical (unpaired) electrons. The first-order valence-corrected chi connectivity index (χ1v) is 6.70. The van der Waals surface area contributed by atoms with Gasteiger partial charge in [-0.3, -0.25) is 0 Å². The first kappa shape index (κ1) is 11.0. The Morgan fingerprint density at radius 3 is 2.73 bits per heavy atom. The molecule has 0 aliphatic heterocycles. The second kappa shape index (κ2) is 5.04. The molecule has 2 heteroatoms. The summed E-state index contributed by atoms with van der Waals surface area (Å²) in [5.74, 6) is 1.86. The highest BCUT2D eigenvalue weighted by molar-refractivity contribution is 7.99. The maximum Gasteiger partial charge on any atom is 0.0162 e. The van der Waals surface area contributed by atoms with Crippen LogP contribution < -0.4 is 5.73 Å². The Bertz CT molecular complexity index is 320. The molecule has 1 aliphatic carbocycles. The van der Waals surface area contributed by atoms with Crippen molar-refractivity contribution in [2.45, 2.75) is 37.1 Å². The van der Waals surface area contributed by atoms with Gasteiger partial charge in [0.05, 0.1) is 0 Å². The zero-order chi connectivity index (χ0) is 10.7. The van der Waals surface area contributed by atoms with Gasteiger partial charge in [-0.05, 0) is 37.3 Å². The summed E-state index contributed by atoms with van der Waals surface area (Å²) in [6.45, 7) is 2.16. The molecular weight excluding hydrogens is 202 g/mol. The van der Waals surface area contributed by atoms with Crippen LogP contribution in [0, 0.1) is 12.8 Å². The number of nitrogens with two attached hydrogens (primary N) is 1. The molecule has 2 N–H and O–H groups in total. The van der Waals surface area contributed by atoms with E-state index in [0.29, 0.717) is 6.04 Å². The normalized spacial score (nSPS) is 18.5. The SMILES string of the molecule is Cc1ccccc1SCC(N)C1CCC1. The molecule has 0 bridgehead atoms. The van der Waals surface area contributed by atoms with Crippen molar-refractivity contribution in [3.63, 3.8) is 0 Å². The van der Waals surface area contributed by atoms with Crippen LogP contribution in [0.5, 0.6) is 0 Å². The maximum atomic E-state index is 6.16. The zero-order valence-electron chi connectivity index (χ0n) is 9.28. The third-order valence-corrected chi connectivity index (χ3v) is 4.60. The van der Waals surface area contributed by atoms with E-state index in [1.165, 1.54) is 29.7 Å². The van der Waals surface area contributed by atoms with Gasteiger partial charge in [0.2, 0.25) is 0 Å². The summed E-state index contributed by atoms with van der Waals surface area (Å²) in [6, 6.07) is 8.93. The van der Waals surface area contributed by atoms with Crippen LogP contribution in [-0.2, 0) is 0 Å². The molecule has 0 spiro atoms. The highest BCUT2D eigenvalue weighted by Gasteiger charge is 2.24. The maximum absolute atomic E-state index is 6.16. The largest absolute Gasteiger partial charge is 0.327 e. The lowest BCUT2D eigenvalue weighted by atomic mass is 9.81. The van der Waals surface area contributed by atoms with Crippen LogP contribution in [0.1, 0.15) is 24.8 Å². The van der Waals surface area contributed by atoms with Crippen LogP contribution in [0.2, 0.25) is 0 Å². The molecule has 1 nitrogen and oxygen atoms in total. The molecule has 1 aliphatic rings. The van der Waals surface area contributed by atoms with Gasteiger partial charge in [-0.1, -0.05) is 24.6 Å². The van der Waals surface area contributed by atoms with Crippen molar-refractivity contribution in [1.82, 2.24) is 0 Å². The molecule has 1 unspecified atom stereocenters. The van der Waals surface area contributed by atoms with Gasteiger partial charge in [0.25, 0.3) is 0 Å². The molecule has 15 heavy (non-hydrogen) atoms. The smallest absolute Gasteiger partial charge is 0.0162 e. The minimum Gasteiger partial charge on any atom is -0.327 e. The number of hydrogen-bond acceptors (Lipinski definition) is 2. The van der Waals surface area contributed by atoms with E-state index < -0.39 is 0 Å². The van der Waals surface area contributed by atoms with Crippen LogP contribution in [-0.4, -0.2) is 11.8 Å². The number of benzene rings is 1. The van der Waals surface area contributed by atoms with Gasteiger partial charge in [0, 0.05) is 16.7 Å². The van der Waals surface area contributed by atoms with E-state index in [9.17, 15) is 0 Å². The van der Waals surface area contributed by atoms with Crippen molar-refractivity contribution in [3.8, 4) is 0 Å². The van der Waals surface area contributed by atoms with Crippen molar-refractivity contribution < 1.29 is 0 Å². The first-order chi connectivity index (χ1) is 7.27. The fourth-order valence-electron chi connectivity index (χ4n) is 1.91. The van der Waals surface area contributed by atoms with Crippen molar-refractivity contribution in [3.05, 3.63) is 29.8 Å². The average molecular weight is 221 g/mol. The van der Waals surface area contributed by atoms with Crippen molar-refractivity contribution in [1.29, 1.82) is 0 Å². The summed E-state index contributed by atoms with van der Waals surface area (Å²) in [4.78, 5) is 1.38. The van der Waals surface area contributed by atoms with E-state index >= 15 is 0 Å². The van der Waals surface area contributed by atoms with Crippen LogP contribution in [0.25, 0.3) is 0 Å². The molecule has 1 saturated carbocycles. The van der Waals surface area contributed by atoms with E-state index in [0.717, 1.165) is 11.7 Å². The minimum atomic E-state index is 0.392. The molecule has 1 atom stereocenters. The van der Waals surface area contributed by atoms with Gasteiger partial charge in [0.15, 0.2) is 0 Å². The summed E-state index contributed by atoms with van der Waals surface area (Å²) in [5, 5.41) is 0. The lowest BCUT2D eigenvalue weighted by Gasteiger charge is -2.31. The topological polar surface area (TPSA) is 26.0 Å². The van der Waals surface area contributed by atoms with Gasteiger partial charge in [-0.2, -0.15) is 0 Å². The van der Waals surface area contributed by atoms with Crippen molar-refractivity contribution >= 4 is 11.8 Å². The highest BCUT2D eigenvalue weighted by Crippen LogP contribution is 2.31. The predicted molar refractivity (Wildman–Crippen MR) is 67.2 cm³/mol. The molecule has 0 aromatic heterocycles. The Hall–Kier alpha value is -0.470. The van der Waals surface area contributed by atoms with Gasteiger partial charge in [-0.15, -0.1) is 11.8 Å². The lowest BCUT2D eigenvalue weighted by molar-refractivity contribution is 0.276. The van der Waals surface area contributed by atoms with E-state index in [-0.39, 0.29) is 0 Å². The fraction of sp³-hybridized carbons (Fsp3) is 0.538. The highest BCUT2D eigenvalue weighted by atomic mass is 32.2. The van der Waals surface area contributed by atoms with Gasteiger partial charge >= 0.3 is 0 Å². The van der Waals surface area contributed by atoms with Gasteiger partial charge in [-0.25, -0.2) is 0 Å². The summed E-state index contributed by atoms with van der Waals surface area (Å²) >= 11 is 1.91. The van der Waals surface area contributed by atoms with E-state index in [1.807, 2.05) is 11.8 Å². The second-order valence-electron chi connectivity index (χ2n) is 4.43. The van der Waals surface area contributed by atoms with Crippen LogP contribution in [0.3, 0.4) is 0 Å². The van der Waals surface area contributed by atoms with Crippen molar-refractivity contribution in [2.75, 3.05) is 5.75 Å². The molecular formula is C13H19NS. The second-order valence-corrected chi connectivity index (χ2v) is 5.49. The summed E-state index contributed by atoms with van der Waals surface area (Å²) < 4.78 is 0. The van der Waals surface area contributed by atoms with Gasteiger partial charge in [0.1, 0.15) is 0 Å². The Morgan fingerprint density at radius 2 is 2.13 bits per heavy atom. The third-order valence-electron chi connectivity index (χ3n) is 3.28. The van der Waals surface area contributed by atoms with Gasteiger partial charge < -0.3 is 5.73 Å². The number of rotatable bonds is 4. The van der Waals surface area contributed by atoms with Crippen LogP contribution >= 0.6 is 11.8 Å². The standard InChI is InChI=1S/C13H19NS/c1-10-5-2-3-8-13(10)15-9-12(14)11-6-4-7-11/h2-3,5,8,11-12H,4,6-7,9,14H2,1H3. The predicted octanol–water partition coefficient (Wildman–Crippen LogP) is 3.21. The Morgan fingerprint density at radius 1 is 1.40 bits per heavy atom. The van der Waals surface area contributed by atoms with Crippen LogP contribution in [0.15, 0.2) is 29.2 Å². The molecule has 0 amide bonds. The monoisotopic (exact) mass is 221 g/mol. The molecule has 1 aromatic rings. The quantitative estimate of drug-likeness (QED) is 0.790. The fourth-order valence-corrected chi connectivity index (χ4v) is 3.02. The molecule has 1 fully saturated rings. The molecule has 0 heterocycles. The minimum absolute atomic E-state index is 0.392. The zero-order valence-corrected chi connectivity index (χ0v) is 10.1.